The van der Waals surface area contributed by atoms with Crippen LogP contribution < -0.4 is 15.1 Å². The number of aromatic nitrogens is 3. The van der Waals surface area contributed by atoms with Crippen LogP contribution in [0.2, 0.25) is 0 Å². The first kappa shape index (κ1) is 18.9. The van der Waals surface area contributed by atoms with Gasteiger partial charge in [0.1, 0.15) is 11.5 Å². The Morgan fingerprint density at radius 1 is 1.07 bits per heavy atom. The lowest BCUT2D eigenvalue weighted by Crippen LogP contribution is -2.38. The summed E-state index contributed by atoms with van der Waals surface area (Å²) in [6.07, 6.45) is 4.26. The van der Waals surface area contributed by atoms with Gasteiger partial charge in [-0.3, -0.25) is 4.79 Å². The maximum atomic E-state index is 13.1. The first-order valence-corrected chi connectivity index (χ1v) is 10.5. The Kier molecular flexibility index (Phi) is 5.00. The number of morpholine rings is 1. The molecule has 0 atom stereocenters. The van der Waals surface area contributed by atoms with Gasteiger partial charge >= 0.3 is 0 Å². The number of hydrogen-bond donors (Lipinski definition) is 2. The fourth-order valence-corrected chi connectivity index (χ4v) is 4.08. The number of nitrogens with zero attached hydrogens (tertiary/aromatic N) is 4. The van der Waals surface area contributed by atoms with Gasteiger partial charge in [0, 0.05) is 55.0 Å². The fourth-order valence-electron chi connectivity index (χ4n) is 4.08. The quantitative estimate of drug-likeness (QED) is 0.693. The molecule has 1 amide bonds. The first-order valence-electron chi connectivity index (χ1n) is 10.5. The molecule has 1 aromatic carbocycles. The number of fused-ring (bicyclic) bond motifs is 1. The monoisotopic (exact) mass is 406 g/mol. The Morgan fingerprint density at radius 3 is 2.67 bits per heavy atom. The number of ether oxygens (including phenoxy) is 1. The van der Waals surface area contributed by atoms with E-state index < -0.39 is 0 Å². The van der Waals surface area contributed by atoms with Gasteiger partial charge < -0.3 is 24.8 Å². The second-order valence-electron chi connectivity index (χ2n) is 7.89. The third-order valence-electron chi connectivity index (χ3n) is 5.80. The van der Waals surface area contributed by atoms with Crippen molar-refractivity contribution in [3.05, 3.63) is 41.7 Å². The molecule has 0 saturated carbocycles. The van der Waals surface area contributed by atoms with Crippen molar-refractivity contribution in [1.82, 2.24) is 15.0 Å². The van der Waals surface area contributed by atoms with Crippen molar-refractivity contribution in [2.24, 2.45) is 0 Å². The molecule has 0 aliphatic carbocycles. The molecule has 8 nitrogen and oxygen atoms in total. The third kappa shape index (κ3) is 3.70. The number of anilines is 3. The zero-order chi connectivity index (χ0) is 20.5. The van der Waals surface area contributed by atoms with Crippen molar-refractivity contribution >= 4 is 34.3 Å². The van der Waals surface area contributed by atoms with E-state index in [2.05, 4.69) is 25.1 Å². The number of hydrogen-bond acceptors (Lipinski definition) is 6. The summed E-state index contributed by atoms with van der Waals surface area (Å²) in [5.41, 5.74) is 3.34. The minimum Gasteiger partial charge on any atom is -0.378 e. The number of carbonyl (C=O) groups excluding carboxylic acids is 1. The Hall–Kier alpha value is -3.13. The van der Waals surface area contributed by atoms with E-state index in [0.29, 0.717) is 24.9 Å². The molecule has 2 aromatic heterocycles. The van der Waals surface area contributed by atoms with Crippen LogP contribution >= 0.6 is 0 Å². The van der Waals surface area contributed by atoms with Crippen LogP contribution in [0.1, 0.15) is 28.9 Å². The lowest BCUT2D eigenvalue weighted by molar-refractivity contribution is 0.102. The molecule has 156 valence electrons. The van der Waals surface area contributed by atoms with Crippen LogP contribution in [0.5, 0.6) is 0 Å². The van der Waals surface area contributed by atoms with Gasteiger partial charge in [0.15, 0.2) is 0 Å². The summed E-state index contributed by atoms with van der Waals surface area (Å²) in [5, 5.41) is 4.11. The van der Waals surface area contributed by atoms with E-state index in [1.807, 2.05) is 37.4 Å². The molecular weight excluding hydrogens is 380 g/mol. The molecule has 8 heteroatoms. The molecular formula is C22H26N6O2. The molecule has 5 rings (SSSR count). The Morgan fingerprint density at radius 2 is 1.87 bits per heavy atom. The van der Waals surface area contributed by atoms with Gasteiger partial charge in [-0.25, -0.2) is 4.98 Å². The number of rotatable bonds is 4. The minimum absolute atomic E-state index is 0.222. The molecule has 0 radical (unpaired) electrons. The standard InChI is InChI=1S/C22H26N6O2/c1-15-14-23-18-5-4-16(12-17(15)18)24-21(29)19-13-20(27-6-2-3-7-27)26-22(25-19)28-8-10-30-11-9-28/h4-5,12-14,23H,2-3,6-11H2,1H3,(H,24,29). The molecule has 0 unspecified atom stereocenters. The maximum Gasteiger partial charge on any atom is 0.274 e. The van der Waals surface area contributed by atoms with Crippen molar-refractivity contribution in [2.75, 3.05) is 54.5 Å². The van der Waals surface area contributed by atoms with Gasteiger partial charge in [-0.15, -0.1) is 0 Å². The topological polar surface area (TPSA) is 86.4 Å². The molecule has 30 heavy (non-hydrogen) atoms. The highest BCUT2D eigenvalue weighted by Crippen LogP contribution is 2.24. The Balaban J connectivity index is 1.45. The summed E-state index contributed by atoms with van der Waals surface area (Å²) in [7, 11) is 0. The summed E-state index contributed by atoms with van der Waals surface area (Å²) in [6, 6.07) is 7.68. The maximum absolute atomic E-state index is 13.1. The largest absolute Gasteiger partial charge is 0.378 e. The third-order valence-corrected chi connectivity index (χ3v) is 5.80. The van der Waals surface area contributed by atoms with Gasteiger partial charge in [0.2, 0.25) is 5.95 Å². The molecule has 2 N–H and O–H groups in total. The van der Waals surface area contributed by atoms with E-state index in [0.717, 1.165) is 67.0 Å². The number of nitrogens with one attached hydrogen (secondary N) is 2. The zero-order valence-corrected chi connectivity index (χ0v) is 17.1. The van der Waals surface area contributed by atoms with Crippen molar-refractivity contribution in [3.8, 4) is 0 Å². The molecule has 3 aromatic rings. The number of aryl methyl sites for hydroxylation is 1. The van der Waals surface area contributed by atoms with E-state index in [-0.39, 0.29) is 5.91 Å². The van der Waals surface area contributed by atoms with Gasteiger partial charge in [-0.1, -0.05) is 0 Å². The summed E-state index contributed by atoms with van der Waals surface area (Å²) in [6.45, 7) is 6.73. The highest BCUT2D eigenvalue weighted by molar-refractivity contribution is 6.04. The zero-order valence-electron chi connectivity index (χ0n) is 17.1. The summed E-state index contributed by atoms with van der Waals surface area (Å²) >= 11 is 0. The SMILES string of the molecule is Cc1c[nH]c2ccc(NC(=O)c3cc(N4CCCC4)nc(N4CCOCC4)n3)cc12. The average molecular weight is 406 g/mol. The van der Waals surface area contributed by atoms with E-state index in [1.165, 1.54) is 0 Å². The van der Waals surface area contributed by atoms with Crippen LogP contribution in [0.3, 0.4) is 0 Å². The van der Waals surface area contributed by atoms with E-state index in [1.54, 1.807) is 0 Å². The smallest absolute Gasteiger partial charge is 0.274 e. The lowest BCUT2D eigenvalue weighted by atomic mass is 10.1. The van der Waals surface area contributed by atoms with Gasteiger partial charge in [0.25, 0.3) is 5.91 Å². The van der Waals surface area contributed by atoms with E-state index >= 15 is 0 Å². The summed E-state index contributed by atoms with van der Waals surface area (Å²) in [4.78, 5) is 30.0. The highest BCUT2D eigenvalue weighted by Gasteiger charge is 2.22. The van der Waals surface area contributed by atoms with E-state index in [9.17, 15) is 4.79 Å². The van der Waals surface area contributed by atoms with Crippen molar-refractivity contribution < 1.29 is 9.53 Å². The average Bonchev–Trinajstić information content (AvgIpc) is 3.45. The molecule has 2 saturated heterocycles. The van der Waals surface area contributed by atoms with Crippen molar-refractivity contribution in [1.29, 1.82) is 0 Å². The second kappa shape index (κ2) is 7.95. The molecule has 2 aliphatic heterocycles. The molecule has 2 aliphatic rings. The molecule has 0 spiro atoms. The first-order chi connectivity index (χ1) is 14.7. The lowest BCUT2D eigenvalue weighted by Gasteiger charge is -2.28. The number of H-pyrrole nitrogens is 1. The fraction of sp³-hybridized carbons (Fsp3) is 0.409. The predicted octanol–water partition coefficient (Wildman–Crippen LogP) is 2.96. The molecule has 4 heterocycles. The van der Waals surface area contributed by atoms with Crippen LogP contribution in [-0.4, -0.2) is 60.3 Å². The number of amides is 1. The van der Waals surface area contributed by atoms with Crippen LogP contribution in [0.25, 0.3) is 10.9 Å². The van der Waals surface area contributed by atoms with Crippen molar-refractivity contribution in [3.63, 3.8) is 0 Å². The Bertz CT molecular complexity index is 1070. The predicted molar refractivity (Wildman–Crippen MR) is 117 cm³/mol. The summed E-state index contributed by atoms with van der Waals surface area (Å²) in [5.74, 6) is 1.20. The van der Waals surface area contributed by atoms with Gasteiger partial charge in [0.05, 0.1) is 13.2 Å². The Labute approximate surface area is 175 Å². The summed E-state index contributed by atoms with van der Waals surface area (Å²) < 4.78 is 5.46. The minimum atomic E-state index is -0.222. The van der Waals surface area contributed by atoms with Crippen LogP contribution in [0.4, 0.5) is 17.5 Å². The van der Waals surface area contributed by atoms with Crippen LogP contribution in [0.15, 0.2) is 30.5 Å². The highest BCUT2D eigenvalue weighted by atomic mass is 16.5. The van der Waals surface area contributed by atoms with Gasteiger partial charge in [-0.2, -0.15) is 4.98 Å². The van der Waals surface area contributed by atoms with Crippen LogP contribution in [-0.2, 0) is 4.74 Å². The molecule has 2 fully saturated rings. The second-order valence-corrected chi connectivity index (χ2v) is 7.89. The number of benzene rings is 1. The normalized spacial score (nSPS) is 17.0. The van der Waals surface area contributed by atoms with Gasteiger partial charge in [-0.05, 0) is 43.5 Å². The van der Waals surface area contributed by atoms with Crippen molar-refractivity contribution in [2.45, 2.75) is 19.8 Å². The molecule has 0 bridgehead atoms. The number of carbonyl (C=O) groups is 1. The van der Waals surface area contributed by atoms with Crippen LogP contribution in [0, 0.1) is 6.92 Å². The number of aromatic amines is 1. The van der Waals surface area contributed by atoms with E-state index in [4.69, 9.17) is 9.72 Å².